The van der Waals surface area contributed by atoms with Crippen LogP contribution in [0.1, 0.15) is 33.4 Å². The van der Waals surface area contributed by atoms with Crippen molar-refractivity contribution in [2.24, 2.45) is 11.5 Å². The molecule has 4 fully saturated rings. The van der Waals surface area contributed by atoms with E-state index in [0.29, 0.717) is 33.4 Å². The number of carbonyl (C=O) groups is 3. The molecule has 1 amide bonds. The third-order valence-corrected chi connectivity index (χ3v) is 19.1. The van der Waals surface area contributed by atoms with E-state index in [0.717, 1.165) is 0 Å². The molecule has 38 nitrogen and oxygen atoms in total. The average Bonchev–Trinajstić information content (AvgIpc) is 0.767. The normalized spacial score (nSPS) is 28.7. The topological polar surface area (TPSA) is 539 Å². The highest BCUT2D eigenvalue weighted by Gasteiger charge is 2.61. The zero-order valence-corrected chi connectivity index (χ0v) is 61.5. The van der Waals surface area contributed by atoms with E-state index in [1.165, 1.54) is 12.1 Å². The van der Waals surface area contributed by atoms with Crippen LogP contribution >= 0.6 is 0 Å². The lowest BCUT2D eigenvalue weighted by Gasteiger charge is -2.51. The molecule has 606 valence electrons. The minimum absolute atomic E-state index is 0.151. The van der Waals surface area contributed by atoms with Crippen LogP contribution in [0, 0.1) is 0 Å². The van der Waals surface area contributed by atoms with Crippen molar-refractivity contribution < 1.29 is 160 Å². The van der Waals surface area contributed by atoms with Crippen molar-refractivity contribution in [3.63, 3.8) is 0 Å². The smallest absolute Gasteiger partial charge is 0.407 e. The number of rotatable bonds is 39. The average molecular weight is 1640 g/mol. The van der Waals surface area contributed by atoms with Crippen molar-refractivity contribution in [1.82, 2.24) is 5.32 Å². The summed E-state index contributed by atoms with van der Waals surface area (Å²) in [6.45, 7) is -5.74. The lowest BCUT2D eigenvalue weighted by atomic mass is 9.94. The van der Waals surface area contributed by atoms with Gasteiger partial charge >= 0.3 is 59.6 Å². The summed E-state index contributed by atoms with van der Waals surface area (Å²) in [5.74, 6) is -3.86. The van der Waals surface area contributed by atoms with E-state index in [1.54, 1.807) is 170 Å². The Morgan fingerprint density at radius 3 is 1.01 bits per heavy atom. The van der Waals surface area contributed by atoms with E-state index < -0.39 is 229 Å². The molecule has 0 aliphatic carbocycles. The molecule has 11 N–H and O–H groups in total. The van der Waals surface area contributed by atoms with E-state index in [2.05, 4.69) is 5.32 Å². The van der Waals surface area contributed by atoms with Gasteiger partial charge in [-0.25, -0.2) is 31.1 Å². The minimum atomic E-state index is -5.89. The van der Waals surface area contributed by atoms with Gasteiger partial charge in [0.15, 0.2) is 49.6 Å². The van der Waals surface area contributed by atoms with Crippen LogP contribution < -0.4 is 16.8 Å². The van der Waals surface area contributed by atoms with E-state index >= 15 is 0 Å². The van der Waals surface area contributed by atoms with Gasteiger partial charge in [-0.15, -0.1) is 0 Å². The number of alkyl carbamates (subject to hydrolysis) is 1. The number of nitrogens with one attached hydrogen (secondary N) is 1. The van der Waals surface area contributed by atoms with Crippen molar-refractivity contribution in [1.29, 1.82) is 0 Å². The van der Waals surface area contributed by atoms with Crippen molar-refractivity contribution in [3.8, 4) is 0 Å². The quantitative estimate of drug-likeness (QED) is 0.0198. The highest BCUT2D eigenvalue weighted by molar-refractivity contribution is 7.81. The number of hydrogen-bond donors (Lipinski definition) is 9. The molecule has 42 heteroatoms. The van der Waals surface area contributed by atoms with Crippen molar-refractivity contribution in [2.45, 2.75) is 162 Å². The second-order valence-electron chi connectivity index (χ2n) is 25.1. The number of carboxylic acid groups (broad SMARTS) is 2. The Morgan fingerprint density at radius 2 is 0.658 bits per heavy atom. The van der Waals surface area contributed by atoms with Gasteiger partial charge in [-0.05, 0) is 33.4 Å². The summed E-state index contributed by atoms with van der Waals surface area (Å²) in [7, 11) is -22.4. The molecular formula is C69H81N3O35S4. The molecule has 6 aromatic rings. The minimum Gasteiger partial charge on any atom is -0.479 e. The first-order valence-corrected chi connectivity index (χ1v) is 39.3. The Labute approximate surface area is 636 Å². The maximum absolute atomic E-state index is 14.1. The Morgan fingerprint density at radius 1 is 0.351 bits per heavy atom. The number of nitrogens with two attached hydrogens (primary N) is 2. The predicted molar refractivity (Wildman–Crippen MR) is 374 cm³/mol. The molecule has 0 unspecified atom stereocenters. The Balaban J connectivity index is 1.02. The highest BCUT2D eigenvalue weighted by atomic mass is 32.3. The summed E-state index contributed by atoms with van der Waals surface area (Å²) >= 11 is 0. The predicted octanol–water partition coefficient (Wildman–Crippen LogP) is 2.75. The van der Waals surface area contributed by atoms with E-state index in [9.17, 15) is 76.5 Å². The zero-order chi connectivity index (χ0) is 79.5. The maximum Gasteiger partial charge on any atom is 0.407 e. The van der Waals surface area contributed by atoms with Crippen LogP contribution in [-0.4, -0.2) is 229 Å². The van der Waals surface area contributed by atoms with E-state index in [-0.39, 0.29) is 19.8 Å². The third-order valence-electron chi connectivity index (χ3n) is 17.3. The molecule has 10 rings (SSSR count). The number of amides is 1. The first-order chi connectivity index (χ1) is 52.9. The fourth-order valence-corrected chi connectivity index (χ4v) is 13.9. The summed E-state index contributed by atoms with van der Waals surface area (Å²) in [5.41, 5.74) is 16.9. The summed E-state index contributed by atoms with van der Waals surface area (Å²) < 4.78 is 251. The molecule has 4 saturated heterocycles. The van der Waals surface area contributed by atoms with Gasteiger partial charge in [0, 0.05) is 6.54 Å². The number of aliphatic carboxylic acids is 2. The first-order valence-electron chi connectivity index (χ1n) is 33.9. The van der Waals surface area contributed by atoms with Crippen LogP contribution in [0.15, 0.2) is 182 Å². The number of carboxylic acids is 2. The van der Waals surface area contributed by atoms with Crippen LogP contribution in [-0.2, 0) is 174 Å². The molecule has 4 aliphatic heterocycles. The summed E-state index contributed by atoms with van der Waals surface area (Å²) in [6.07, 6.45) is -39.8. The fourth-order valence-electron chi connectivity index (χ4n) is 12.3. The van der Waals surface area contributed by atoms with Crippen molar-refractivity contribution in [2.75, 3.05) is 26.4 Å². The fraction of sp³-hybridized carbons (Fsp3) is 0.435. The molecule has 111 heavy (non-hydrogen) atoms. The van der Waals surface area contributed by atoms with Gasteiger partial charge in [0.1, 0.15) is 67.6 Å². The van der Waals surface area contributed by atoms with Gasteiger partial charge in [-0.1, -0.05) is 182 Å². The molecule has 0 spiro atoms. The summed E-state index contributed by atoms with van der Waals surface area (Å²) in [4.78, 5) is 40.5. The number of benzene rings is 6. The standard InChI is InChI=1S/C69H81N3O35S4/c70-49-53(92-34-42-21-9-2-10-22-42)51(91-33-41-19-7-1-8-20-41)47(39-97-108(78,79)80)99-65(49)103-58-56(95-37-45-27-15-5-16-28-45)62(107-111(87,88)89)68(105-60(58)64(75)76)101-52-48(40-98-109(81,82)83)100-66(50(71)54(52)93-35-43-23-11-3-12-24-43)102-57-55(94-36-44-25-13-4-14-26-44)61(106-110(84,85)86)67(104-59(57)63(73)74)90-32-31-72-69(77)96-38-46-29-17-6-18-30-46/h1-30,47-62,65-68H,31-40,70-71H2,(H,72,77)(H,73,74)(H,75,76)(H,78,79,80)(H,81,82,83)(H,84,85,86)(H,87,88,89)/t47-,48-,49-,50-,51-,52-,53-,54-,55+,56+,57+,58+,59-,60-,61-,62-,65-,66-,67-,68-/m1/s1. The second-order valence-corrected chi connectivity index (χ2v) is 29.4. The van der Waals surface area contributed by atoms with Crippen molar-refractivity contribution >= 4 is 59.6 Å². The van der Waals surface area contributed by atoms with Gasteiger partial charge in [0.05, 0.1) is 64.9 Å². The molecule has 0 saturated carbocycles. The number of carbonyl (C=O) groups excluding carboxylic acids is 1. The van der Waals surface area contributed by atoms with Crippen LogP contribution in [0.5, 0.6) is 0 Å². The van der Waals surface area contributed by atoms with Gasteiger partial charge in [0.2, 0.25) is 0 Å². The Kier molecular flexibility index (Phi) is 30.9. The molecule has 0 bridgehead atoms. The number of hydrogen-bond acceptors (Lipinski definition) is 31. The highest BCUT2D eigenvalue weighted by Crippen LogP contribution is 2.40. The molecule has 20 atom stereocenters. The van der Waals surface area contributed by atoms with Crippen LogP contribution in [0.4, 0.5) is 4.79 Å². The maximum atomic E-state index is 14.1. The monoisotopic (exact) mass is 1640 g/mol. The van der Waals surface area contributed by atoms with Gasteiger partial charge < -0.3 is 93.3 Å². The van der Waals surface area contributed by atoms with E-state index in [1.807, 2.05) is 0 Å². The van der Waals surface area contributed by atoms with E-state index in [4.69, 9.17) is 94.5 Å². The third kappa shape index (κ3) is 26.0. The lowest BCUT2D eigenvalue weighted by Crippen LogP contribution is -2.70. The van der Waals surface area contributed by atoms with Gasteiger partial charge in [-0.2, -0.15) is 33.7 Å². The van der Waals surface area contributed by atoms with Gasteiger partial charge in [0.25, 0.3) is 0 Å². The Bertz CT molecular complexity index is 4400. The largest absolute Gasteiger partial charge is 0.479 e. The summed E-state index contributed by atoms with van der Waals surface area (Å²) in [6, 6.07) is 45.5. The zero-order valence-electron chi connectivity index (χ0n) is 58.2. The van der Waals surface area contributed by atoms with Crippen LogP contribution in [0.25, 0.3) is 0 Å². The van der Waals surface area contributed by atoms with Crippen LogP contribution in [0.3, 0.4) is 0 Å². The molecule has 0 radical (unpaired) electrons. The Hall–Kier alpha value is -7.59. The van der Waals surface area contributed by atoms with Gasteiger partial charge in [-0.3, -0.25) is 18.2 Å². The van der Waals surface area contributed by atoms with Crippen molar-refractivity contribution in [3.05, 3.63) is 215 Å². The number of ether oxygens (including phenoxy) is 14. The first kappa shape index (κ1) is 85.8. The molecular weight excluding hydrogens is 1560 g/mol. The molecule has 6 aromatic carbocycles. The molecule has 4 heterocycles. The summed E-state index contributed by atoms with van der Waals surface area (Å²) in [5, 5.41) is 24.8. The lowest BCUT2D eigenvalue weighted by molar-refractivity contribution is -0.373. The SMILES string of the molecule is N[C@H]1[C@@H](O[C@H]2[C@H](OCc3ccccc3)[C@@H](OS(=O)(=O)O)[C@H](O[C@H]3[C@H](OCc4ccccc4)[C@@H](N)[C@@H](O[C@H]4[C@H](OCc5ccccc5)[C@@H](OS(=O)(=O)O)[C@H](OCCNC(=O)OCc5ccccc5)O[C@H]4C(=O)O)O[C@@H]3COS(=O)(=O)O)O[C@H]2C(=O)O)O[C@H](COS(=O)(=O)O)[C@@H](OCc2ccccc2)[C@@H]1OCc1ccccc1. The molecule has 4 aliphatic rings. The molecule has 0 aromatic heterocycles. The van der Waals surface area contributed by atoms with Crippen LogP contribution in [0.2, 0.25) is 0 Å². The second kappa shape index (κ2) is 39.9.